The molecular formula is C19H21NO7S. The fraction of sp³-hybridized carbons (Fsp3) is 0.368. The van der Waals surface area contributed by atoms with Gasteiger partial charge in [0.25, 0.3) is 0 Å². The van der Waals surface area contributed by atoms with E-state index in [1.54, 1.807) is 0 Å². The summed E-state index contributed by atoms with van der Waals surface area (Å²) < 4.78 is 41.8. The van der Waals surface area contributed by atoms with Crippen LogP contribution >= 0.6 is 0 Å². The summed E-state index contributed by atoms with van der Waals surface area (Å²) in [5.74, 6) is -1.42. The number of nitrogens with zero attached hydrogens (tertiary/aromatic N) is 1. The van der Waals surface area contributed by atoms with E-state index in [2.05, 4.69) is 4.74 Å². The third-order valence-electron chi connectivity index (χ3n) is 4.50. The van der Waals surface area contributed by atoms with Crippen molar-refractivity contribution < 1.29 is 31.9 Å². The third kappa shape index (κ3) is 4.26. The van der Waals surface area contributed by atoms with Gasteiger partial charge in [0, 0.05) is 18.7 Å². The number of hydrogen-bond donors (Lipinski definition) is 0. The molecule has 2 aromatic rings. The Morgan fingerprint density at radius 1 is 1.11 bits per heavy atom. The van der Waals surface area contributed by atoms with Crippen LogP contribution in [0.5, 0.6) is 0 Å². The van der Waals surface area contributed by atoms with Crippen LogP contribution < -0.4 is 0 Å². The van der Waals surface area contributed by atoms with Crippen LogP contribution in [0.3, 0.4) is 0 Å². The lowest BCUT2D eigenvalue weighted by molar-refractivity contribution is 0.0453. The Kier molecular flexibility index (Phi) is 6.15. The van der Waals surface area contributed by atoms with Crippen molar-refractivity contribution in [2.45, 2.75) is 30.8 Å². The molecule has 9 heteroatoms. The van der Waals surface area contributed by atoms with Crippen molar-refractivity contribution in [2.75, 3.05) is 20.2 Å². The Morgan fingerprint density at radius 2 is 1.86 bits per heavy atom. The summed E-state index contributed by atoms with van der Waals surface area (Å²) in [6, 6.07) is 7.26. The van der Waals surface area contributed by atoms with Crippen LogP contribution in [0.2, 0.25) is 0 Å². The quantitative estimate of drug-likeness (QED) is 0.678. The molecule has 8 nitrogen and oxygen atoms in total. The second kappa shape index (κ2) is 8.57. The first-order valence-corrected chi connectivity index (χ1v) is 10.3. The van der Waals surface area contributed by atoms with Crippen LogP contribution in [0.1, 0.15) is 45.7 Å². The van der Waals surface area contributed by atoms with Gasteiger partial charge in [0.15, 0.2) is 0 Å². The fourth-order valence-corrected chi connectivity index (χ4v) is 4.55. The molecule has 0 aliphatic carbocycles. The summed E-state index contributed by atoms with van der Waals surface area (Å²) in [4.78, 5) is 24.0. The van der Waals surface area contributed by atoms with Crippen LogP contribution in [0.25, 0.3) is 0 Å². The molecule has 1 aromatic heterocycles. The Morgan fingerprint density at radius 3 is 2.57 bits per heavy atom. The summed E-state index contributed by atoms with van der Waals surface area (Å²) in [6.07, 6.45) is 3.96. The highest BCUT2D eigenvalue weighted by molar-refractivity contribution is 7.89. The number of carbonyl (C=O) groups excluding carboxylic acids is 2. The number of furan rings is 1. The second-order valence-corrected chi connectivity index (χ2v) is 8.27. The molecule has 0 bridgehead atoms. The average Bonchev–Trinajstić information content (AvgIpc) is 3.20. The minimum atomic E-state index is -3.65. The highest BCUT2D eigenvalue weighted by Crippen LogP contribution is 2.22. The van der Waals surface area contributed by atoms with Crippen molar-refractivity contribution in [1.82, 2.24) is 4.31 Å². The molecule has 0 amide bonds. The monoisotopic (exact) mass is 407 g/mol. The molecule has 2 heterocycles. The first kappa shape index (κ1) is 20.1. The van der Waals surface area contributed by atoms with Crippen molar-refractivity contribution in [3.8, 4) is 0 Å². The zero-order valence-electron chi connectivity index (χ0n) is 15.4. The molecule has 0 radical (unpaired) electrons. The summed E-state index contributed by atoms with van der Waals surface area (Å²) in [5.41, 5.74) is 0.471. The van der Waals surface area contributed by atoms with Crippen molar-refractivity contribution in [3.63, 3.8) is 0 Å². The molecule has 28 heavy (non-hydrogen) atoms. The highest BCUT2D eigenvalue weighted by atomic mass is 32.2. The van der Waals surface area contributed by atoms with Gasteiger partial charge in [-0.25, -0.2) is 18.0 Å². The van der Waals surface area contributed by atoms with Gasteiger partial charge < -0.3 is 13.9 Å². The van der Waals surface area contributed by atoms with Gasteiger partial charge in [-0.2, -0.15) is 4.31 Å². The molecule has 0 N–H and O–H groups in total. The van der Waals surface area contributed by atoms with Gasteiger partial charge in [0.2, 0.25) is 15.8 Å². The number of benzene rings is 1. The molecule has 1 aromatic carbocycles. The molecule has 0 unspecified atom stereocenters. The number of piperidine rings is 1. The van der Waals surface area contributed by atoms with E-state index in [0.29, 0.717) is 18.7 Å². The number of methoxy groups -OCH3 is 1. The minimum Gasteiger partial charge on any atom is -0.463 e. The molecule has 0 spiro atoms. The fourth-order valence-electron chi connectivity index (χ4n) is 2.99. The maximum Gasteiger partial charge on any atom is 0.374 e. The molecule has 1 aliphatic rings. The topological polar surface area (TPSA) is 103 Å². The summed E-state index contributed by atoms with van der Waals surface area (Å²) >= 11 is 0. The number of carbonyl (C=O) groups is 2. The van der Waals surface area contributed by atoms with Gasteiger partial charge in [-0.3, -0.25) is 0 Å². The zero-order valence-corrected chi connectivity index (χ0v) is 16.2. The molecule has 150 valence electrons. The van der Waals surface area contributed by atoms with E-state index in [0.717, 1.165) is 19.3 Å². The standard InChI is InChI=1S/C19H21NO7S/c1-25-19(22)17-15(8-11-26-17)13-27-18(21)14-6-5-7-16(12-14)28(23,24)20-9-3-2-4-10-20/h5-8,11-12H,2-4,9-10,13H2,1H3. The number of ether oxygens (including phenoxy) is 2. The molecule has 3 rings (SSSR count). The van der Waals surface area contributed by atoms with Gasteiger partial charge >= 0.3 is 11.9 Å². The van der Waals surface area contributed by atoms with Crippen molar-refractivity contribution in [1.29, 1.82) is 0 Å². The summed E-state index contributed by atoms with van der Waals surface area (Å²) in [6.45, 7) is 0.754. The predicted octanol–water partition coefficient (Wildman–Crippen LogP) is 2.60. The van der Waals surface area contributed by atoms with Crippen LogP contribution in [0.15, 0.2) is 45.9 Å². The molecule has 1 fully saturated rings. The van der Waals surface area contributed by atoms with Gasteiger partial charge in [-0.15, -0.1) is 0 Å². The van der Waals surface area contributed by atoms with Crippen molar-refractivity contribution in [2.24, 2.45) is 0 Å². The van der Waals surface area contributed by atoms with E-state index in [1.165, 1.54) is 48.0 Å². The van der Waals surface area contributed by atoms with Crippen molar-refractivity contribution in [3.05, 3.63) is 53.5 Å². The Labute approximate surface area is 163 Å². The Balaban J connectivity index is 1.72. The van der Waals surface area contributed by atoms with E-state index in [9.17, 15) is 18.0 Å². The van der Waals surface area contributed by atoms with Crippen LogP contribution in [0.4, 0.5) is 0 Å². The maximum atomic E-state index is 12.8. The van der Waals surface area contributed by atoms with E-state index < -0.39 is 22.0 Å². The third-order valence-corrected chi connectivity index (χ3v) is 6.39. The molecule has 1 aliphatic heterocycles. The number of sulfonamides is 1. The molecule has 1 saturated heterocycles. The Bertz CT molecular complexity index is 958. The summed E-state index contributed by atoms with van der Waals surface area (Å²) in [7, 11) is -2.43. The normalized spacial score (nSPS) is 15.2. The van der Waals surface area contributed by atoms with Crippen molar-refractivity contribution >= 4 is 22.0 Å². The number of esters is 2. The zero-order chi connectivity index (χ0) is 20.1. The maximum absolute atomic E-state index is 12.8. The number of hydrogen-bond acceptors (Lipinski definition) is 7. The SMILES string of the molecule is COC(=O)c1occc1COC(=O)c1cccc(S(=O)(=O)N2CCCCC2)c1. The summed E-state index contributed by atoms with van der Waals surface area (Å²) in [5, 5.41) is 0. The first-order valence-electron chi connectivity index (χ1n) is 8.85. The average molecular weight is 407 g/mol. The lowest BCUT2D eigenvalue weighted by Gasteiger charge is -2.25. The van der Waals surface area contributed by atoms with Gasteiger partial charge in [-0.1, -0.05) is 12.5 Å². The van der Waals surface area contributed by atoms with E-state index in [4.69, 9.17) is 9.15 Å². The van der Waals surface area contributed by atoms with Crippen LogP contribution in [-0.2, 0) is 26.1 Å². The first-order chi connectivity index (χ1) is 13.4. The smallest absolute Gasteiger partial charge is 0.374 e. The van der Waals surface area contributed by atoms with E-state index in [-0.39, 0.29) is 22.8 Å². The predicted molar refractivity (Wildman–Crippen MR) is 98.2 cm³/mol. The Hall–Kier alpha value is -2.65. The largest absolute Gasteiger partial charge is 0.463 e. The second-order valence-electron chi connectivity index (χ2n) is 6.34. The lowest BCUT2D eigenvalue weighted by atomic mass is 10.2. The van der Waals surface area contributed by atoms with Crippen LogP contribution in [-0.4, -0.2) is 44.9 Å². The van der Waals surface area contributed by atoms with Gasteiger partial charge in [-0.05, 0) is 37.1 Å². The van der Waals surface area contributed by atoms with Gasteiger partial charge in [0.05, 0.1) is 23.8 Å². The van der Waals surface area contributed by atoms with E-state index >= 15 is 0 Å². The molecule has 0 saturated carbocycles. The van der Waals surface area contributed by atoms with Crippen LogP contribution in [0, 0.1) is 0 Å². The molecular weight excluding hydrogens is 386 g/mol. The van der Waals surface area contributed by atoms with E-state index in [1.807, 2.05) is 0 Å². The highest BCUT2D eigenvalue weighted by Gasteiger charge is 2.26. The minimum absolute atomic E-state index is 0.0447. The van der Waals surface area contributed by atoms with Gasteiger partial charge in [0.1, 0.15) is 6.61 Å². The molecule has 0 atom stereocenters. The lowest BCUT2D eigenvalue weighted by Crippen LogP contribution is -2.35. The number of rotatable bonds is 6.